The Bertz CT molecular complexity index is 863. The summed E-state index contributed by atoms with van der Waals surface area (Å²) in [6, 6.07) is -6.20. The Labute approximate surface area is 198 Å². The summed E-state index contributed by atoms with van der Waals surface area (Å²) in [5.41, 5.74) is 25.7. The molecule has 0 aromatic heterocycles. The minimum absolute atomic E-state index is 0.144. The highest BCUT2D eigenvalue weighted by atomic mass is 16.4. The van der Waals surface area contributed by atoms with Crippen LogP contribution in [0.15, 0.2) is 0 Å². The molecule has 0 aromatic carbocycles. The lowest BCUT2D eigenvalue weighted by atomic mass is 10.1. The van der Waals surface area contributed by atoms with Crippen molar-refractivity contribution in [3.05, 3.63) is 0 Å². The van der Waals surface area contributed by atoms with Crippen LogP contribution in [0.3, 0.4) is 0 Å². The Kier molecular flexibility index (Phi) is 13.0. The van der Waals surface area contributed by atoms with Gasteiger partial charge in [-0.3, -0.25) is 33.6 Å². The van der Waals surface area contributed by atoms with E-state index in [0.29, 0.717) is 0 Å². The zero-order valence-corrected chi connectivity index (χ0v) is 18.7. The van der Waals surface area contributed by atoms with Crippen molar-refractivity contribution in [1.29, 1.82) is 0 Å². The fraction of sp³-hybridized carbons (Fsp3) is 0.556. The average molecular weight is 502 g/mol. The van der Waals surface area contributed by atoms with Gasteiger partial charge in [-0.15, -0.1) is 0 Å². The molecule has 196 valence electrons. The summed E-state index contributed by atoms with van der Waals surface area (Å²) in [7, 11) is 0. The molecule has 0 aliphatic rings. The maximum atomic E-state index is 12.8. The molecule has 0 rings (SSSR count). The zero-order valence-electron chi connectivity index (χ0n) is 18.7. The van der Waals surface area contributed by atoms with Gasteiger partial charge in [-0.25, -0.2) is 4.79 Å². The maximum absolute atomic E-state index is 12.8. The van der Waals surface area contributed by atoms with Crippen LogP contribution in [-0.2, 0) is 38.4 Å². The van der Waals surface area contributed by atoms with Crippen molar-refractivity contribution < 1.29 is 43.5 Å². The largest absolute Gasteiger partial charge is 0.480 e. The number of carbonyl (C=O) groups excluding carboxylic acids is 7. The number of hydrogen-bond acceptors (Lipinski definition) is 9. The SMILES string of the molecule is NC(=O)CCC(N)C(=O)NC(CCC(N)=O)C(=O)NC(CC(N)=O)C(=O)NC(CC(N)=O)C(=O)O. The first-order chi connectivity index (χ1) is 16.1. The molecule has 0 aliphatic carbocycles. The number of hydrogen-bond donors (Lipinski definition) is 9. The fourth-order valence-corrected chi connectivity index (χ4v) is 2.62. The monoisotopic (exact) mass is 502 g/mol. The van der Waals surface area contributed by atoms with Crippen molar-refractivity contribution in [3.8, 4) is 0 Å². The zero-order chi connectivity index (χ0) is 27.3. The third kappa shape index (κ3) is 13.1. The van der Waals surface area contributed by atoms with Crippen LogP contribution in [0.4, 0.5) is 0 Å². The van der Waals surface area contributed by atoms with Crippen LogP contribution in [-0.4, -0.2) is 76.6 Å². The standard InChI is InChI=1S/C18H30N8O9/c19-7(1-3-11(20)27)15(31)24-8(2-4-12(21)28)16(32)25-9(5-13(22)29)17(33)26-10(18(34)35)6-14(23)30/h7-10H,1-6,19H2,(H2,20,27)(H2,21,28)(H2,22,29)(H2,23,30)(H,24,31)(H,25,32)(H,26,33)(H,34,35). The number of primary amides is 4. The maximum Gasteiger partial charge on any atom is 0.326 e. The summed E-state index contributed by atoms with van der Waals surface area (Å²) < 4.78 is 0. The minimum Gasteiger partial charge on any atom is -0.480 e. The van der Waals surface area contributed by atoms with Crippen LogP contribution in [0, 0.1) is 0 Å². The smallest absolute Gasteiger partial charge is 0.326 e. The van der Waals surface area contributed by atoms with Gasteiger partial charge in [0.25, 0.3) is 0 Å². The lowest BCUT2D eigenvalue weighted by molar-refractivity contribution is -0.144. The van der Waals surface area contributed by atoms with E-state index in [9.17, 15) is 38.4 Å². The number of aliphatic carboxylic acids is 1. The Balaban J connectivity index is 5.59. The van der Waals surface area contributed by atoms with Gasteiger partial charge < -0.3 is 49.7 Å². The lowest BCUT2D eigenvalue weighted by Gasteiger charge is -2.24. The first-order valence-corrected chi connectivity index (χ1v) is 10.2. The molecule has 7 amide bonds. The first kappa shape index (κ1) is 30.7. The summed E-state index contributed by atoms with van der Waals surface area (Å²) in [5.74, 6) is -8.40. The van der Waals surface area contributed by atoms with Crippen LogP contribution in [0.5, 0.6) is 0 Å². The molecule has 14 N–H and O–H groups in total. The number of rotatable bonds is 17. The molecule has 0 saturated heterocycles. The highest BCUT2D eigenvalue weighted by Crippen LogP contribution is 2.04. The highest BCUT2D eigenvalue weighted by Gasteiger charge is 2.32. The molecular formula is C18H30N8O9. The van der Waals surface area contributed by atoms with E-state index in [1.807, 2.05) is 5.32 Å². The molecule has 0 spiro atoms. The second-order valence-electron chi connectivity index (χ2n) is 7.48. The summed E-state index contributed by atoms with van der Waals surface area (Å²) in [6.45, 7) is 0. The quantitative estimate of drug-likeness (QED) is 0.0906. The van der Waals surface area contributed by atoms with Gasteiger partial charge in [0.05, 0.1) is 18.9 Å². The van der Waals surface area contributed by atoms with E-state index in [2.05, 4.69) is 10.6 Å². The Morgan fingerprint density at radius 1 is 0.571 bits per heavy atom. The van der Waals surface area contributed by atoms with Gasteiger partial charge >= 0.3 is 5.97 Å². The Hall–Kier alpha value is -4.28. The predicted molar refractivity (Wildman–Crippen MR) is 116 cm³/mol. The predicted octanol–water partition coefficient (Wildman–Crippen LogP) is -5.87. The molecule has 0 radical (unpaired) electrons. The summed E-state index contributed by atoms with van der Waals surface area (Å²) in [6.07, 6.45) is -2.63. The van der Waals surface area contributed by atoms with Crippen molar-refractivity contribution in [3.63, 3.8) is 0 Å². The van der Waals surface area contributed by atoms with E-state index in [4.69, 9.17) is 33.8 Å². The lowest BCUT2D eigenvalue weighted by Crippen LogP contribution is -2.58. The van der Waals surface area contributed by atoms with Crippen molar-refractivity contribution in [2.24, 2.45) is 28.7 Å². The molecule has 0 aromatic rings. The summed E-state index contributed by atoms with van der Waals surface area (Å²) >= 11 is 0. The Morgan fingerprint density at radius 2 is 0.971 bits per heavy atom. The van der Waals surface area contributed by atoms with Gasteiger partial charge in [-0.2, -0.15) is 0 Å². The van der Waals surface area contributed by atoms with Gasteiger partial charge in [0.1, 0.15) is 18.1 Å². The topological polar surface area (TPSA) is 323 Å². The van der Waals surface area contributed by atoms with E-state index >= 15 is 0 Å². The van der Waals surface area contributed by atoms with E-state index in [1.54, 1.807) is 0 Å². The second kappa shape index (κ2) is 14.8. The second-order valence-corrected chi connectivity index (χ2v) is 7.48. The number of carbonyl (C=O) groups is 8. The third-order valence-corrected chi connectivity index (χ3v) is 4.41. The molecule has 4 atom stereocenters. The summed E-state index contributed by atoms with van der Waals surface area (Å²) in [4.78, 5) is 93.2. The Morgan fingerprint density at radius 3 is 1.43 bits per heavy atom. The minimum atomic E-state index is -1.76. The number of amides is 7. The van der Waals surface area contributed by atoms with Crippen LogP contribution >= 0.6 is 0 Å². The van der Waals surface area contributed by atoms with E-state index in [-0.39, 0.29) is 25.7 Å². The molecular weight excluding hydrogens is 472 g/mol. The van der Waals surface area contributed by atoms with Gasteiger partial charge in [0.15, 0.2) is 0 Å². The number of carboxylic acids is 1. The van der Waals surface area contributed by atoms with Crippen LogP contribution in [0.2, 0.25) is 0 Å². The molecule has 35 heavy (non-hydrogen) atoms. The molecule has 0 saturated carbocycles. The molecule has 0 bridgehead atoms. The van der Waals surface area contributed by atoms with Gasteiger partial charge in [-0.1, -0.05) is 0 Å². The van der Waals surface area contributed by atoms with E-state index in [0.717, 1.165) is 0 Å². The van der Waals surface area contributed by atoms with Crippen LogP contribution in [0.25, 0.3) is 0 Å². The van der Waals surface area contributed by atoms with Crippen molar-refractivity contribution in [2.45, 2.75) is 62.7 Å². The highest BCUT2D eigenvalue weighted by molar-refractivity contribution is 5.97. The van der Waals surface area contributed by atoms with Crippen molar-refractivity contribution >= 4 is 47.3 Å². The van der Waals surface area contributed by atoms with Crippen molar-refractivity contribution in [2.75, 3.05) is 0 Å². The molecule has 0 aliphatic heterocycles. The normalized spacial score (nSPS) is 13.9. The first-order valence-electron chi connectivity index (χ1n) is 10.2. The molecule has 17 heteroatoms. The number of carboxylic acid groups (broad SMARTS) is 1. The van der Waals surface area contributed by atoms with Gasteiger partial charge in [-0.05, 0) is 12.8 Å². The van der Waals surface area contributed by atoms with E-state index in [1.165, 1.54) is 0 Å². The van der Waals surface area contributed by atoms with Crippen molar-refractivity contribution in [1.82, 2.24) is 16.0 Å². The molecule has 0 fully saturated rings. The average Bonchev–Trinajstić information content (AvgIpc) is 2.72. The summed E-state index contributed by atoms with van der Waals surface area (Å²) in [5, 5.41) is 15.4. The molecule has 0 heterocycles. The molecule has 4 unspecified atom stereocenters. The van der Waals surface area contributed by atoms with Gasteiger partial charge in [0.2, 0.25) is 41.4 Å². The number of nitrogens with two attached hydrogens (primary N) is 5. The fourth-order valence-electron chi connectivity index (χ4n) is 2.62. The van der Waals surface area contributed by atoms with Crippen LogP contribution in [0.1, 0.15) is 38.5 Å². The van der Waals surface area contributed by atoms with Gasteiger partial charge in [0, 0.05) is 12.8 Å². The molecule has 17 nitrogen and oxygen atoms in total. The third-order valence-electron chi connectivity index (χ3n) is 4.41. The van der Waals surface area contributed by atoms with Crippen LogP contribution < -0.4 is 44.6 Å². The number of nitrogens with one attached hydrogen (secondary N) is 3. The van der Waals surface area contributed by atoms with E-state index < -0.39 is 84.3 Å².